The minimum atomic E-state index is -0.242. The van der Waals surface area contributed by atoms with Crippen LogP contribution >= 0.6 is 11.6 Å². The molecule has 27 heavy (non-hydrogen) atoms. The van der Waals surface area contributed by atoms with Crippen LogP contribution in [0.2, 0.25) is 5.02 Å². The number of ether oxygens (including phenoxy) is 1. The number of hydrogen-bond donors (Lipinski definition) is 1. The van der Waals surface area contributed by atoms with Crippen molar-refractivity contribution in [3.05, 3.63) is 52.3 Å². The van der Waals surface area contributed by atoms with E-state index in [2.05, 4.69) is 15.4 Å². The van der Waals surface area contributed by atoms with E-state index in [1.807, 2.05) is 45.0 Å². The Hall–Kier alpha value is -2.44. The maximum atomic E-state index is 12.5. The van der Waals surface area contributed by atoms with E-state index in [0.29, 0.717) is 41.4 Å². The van der Waals surface area contributed by atoms with E-state index in [4.69, 9.17) is 16.3 Å². The van der Waals surface area contributed by atoms with Gasteiger partial charge in [0.25, 0.3) is 5.91 Å². The molecule has 1 N–H and O–H groups in total. The van der Waals surface area contributed by atoms with Gasteiger partial charge in [0.05, 0.1) is 27.4 Å². The minimum Gasteiger partial charge on any atom is -0.382 e. The molecule has 2 aromatic heterocycles. The lowest BCUT2D eigenvalue weighted by Gasteiger charge is -2.08. The van der Waals surface area contributed by atoms with Crippen molar-refractivity contribution in [1.29, 1.82) is 0 Å². The number of nitrogens with zero attached hydrogens (tertiary/aromatic N) is 3. The molecule has 3 aromatic rings. The molecule has 0 radical (unpaired) electrons. The maximum Gasteiger partial charge on any atom is 0.254 e. The molecule has 0 saturated heterocycles. The third-order valence-electron chi connectivity index (χ3n) is 4.29. The van der Waals surface area contributed by atoms with Gasteiger partial charge in [0.15, 0.2) is 5.65 Å². The van der Waals surface area contributed by atoms with Gasteiger partial charge in [0.1, 0.15) is 0 Å². The Kier molecular flexibility index (Phi) is 6.08. The van der Waals surface area contributed by atoms with Crippen molar-refractivity contribution in [3.63, 3.8) is 0 Å². The summed E-state index contributed by atoms with van der Waals surface area (Å²) in [6.45, 7) is 7.65. The monoisotopic (exact) mass is 386 g/mol. The number of carbonyl (C=O) groups excluding carboxylic acids is 1. The van der Waals surface area contributed by atoms with E-state index < -0.39 is 0 Å². The molecule has 0 spiro atoms. The highest BCUT2D eigenvalue weighted by atomic mass is 35.5. The zero-order valence-corrected chi connectivity index (χ0v) is 16.5. The van der Waals surface area contributed by atoms with Gasteiger partial charge < -0.3 is 10.1 Å². The summed E-state index contributed by atoms with van der Waals surface area (Å²) in [6.07, 6.45) is 2.26. The van der Waals surface area contributed by atoms with Gasteiger partial charge in [-0.05, 0) is 39.3 Å². The first-order valence-electron chi connectivity index (χ1n) is 8.99. The highest BCUT2D eigenvalue weighted by molar-refractivity contribution is 6.38. The summed E-state index contributed by atoms with van der Waals surface area (Å²) < 4.78 is 7.02. The zero-order valence-electron chi connectivity index (χ0n) is 15.8. The number of halogens is 1. The van der Waals surface area contributed by atoms with Crippen molar-refractivity contribution in [2.45, 2.75) is 27.2 Å². The number of carbonyl (C=O) groups is 1. The number of fused-ring (bicyclic) bond motifs is 1. The van der Waals surface area contributed by atoms with Crippen molar-refractivity contribution in [2.75, 3.05) is 19.8 Å². The van der Waals surface area contributed by atoms with E-state index in [-0.39, 0.29) is 5.91 Å². The van der Waals surface area contributed by atoms with E-state index in [0.717, 1.165) is 17.8 Å². The van der Waals surface area contributed by atoms with Gasteiger partial charge in [-0.15, -0.1) is 0 Å². The Balaban J connectivity index is 1.88. The van der Waals surface area contributed by atoms with E-state index >= 15 is 0 Å². The average molecular weight is 387 g/mol. The summed E-state index contributed by atoms with van der Waals surface area (Å²) in [5.74, 6) is -0.242. The maximum absolute atomic E-state index is 12.5. The van der Waals surface area contributed by atoms with Crippen LogP contribution in [-0.4, -0.2) is 40.4 Å². The summed E-state index contributed by atoms with van der Waals surface area (Å²) in [7, 11) is 0. The molecule has 1 amide bonds. The Morgan fingerprint density at radius 2 is 2.00 bits per heavy atom. The highest BCUT2D eigenvalue weighted by Crippen LogP contribution is 2.30. The van der Waals surface area contributed by atoms with Gasteiger partial charge in [0.2, 0.25) is 0 Å². The highest BCUT2D eigenvalue weighted by Gasteiger charge is 2.19. The lowest BCUT2D eigenvalue weighted by atomic mass is 10.2. The molecule has 6 nitrogen and oxygen atoms in total. The predicted molar refractivity (Wildman–Crippen MR) is 107 cm³/mol. The van der Waals surface area contributed by atoms with Gasteiger partial charge >= 0.3 is 0 Å². The van der Waals surface area contributed by atoms with Crippen molar-refractivity contribution in [1.82, 2.24) is 20.1 Å². The molecule has 142 valence electrons. The molecule has 0 fully saturated rings. The van der Waals surface area contributed by atoms with Crippen molar-refractivity contribution in [2.24, 2.45) is 0 Å². The molecule has 0 aliphatic rings. The molecular formula is C20H23ClN4O2. The molecule has 7 heteroatoms. The number of hydrogen-bond acceptors (Lipinski definition) is 4. The number of aromatic nitrogens is 3. The fourth-order valence-corrected chi connectivity index (χ4v) is 3.20. The van der Waals surface area contributed by atoms with Crippen LogP contribution in [0.5, 0.6) is 0 Å². The van der Waals surface area contributed by atoms with Crippen LogP contribution in [0.1, 0.15) is 35.0 Å². The summed E-state index contributed by atoms with van der Waals surface area (Å²) in [5, 5.41) is 8.49. The Bertz CT molecular complexity index is 951. The number of nitrogens with one attached hydrogen (secondary N) is 1. The quantitative estimate of drug-likeness (QED) is 0.626. The Labute approximate surface area is 163 Å². The third-order valence-corrected chi connectivity index (χ3v) is 4.68. The topological polar surface area (TPSA) is 69.0 Å². The zero-order chi connectivity index (χ0) is 19.4. The van der Waals surface area contributed by atoms with Crippen LogP contribution in [0.3, 0.4) is 0 Å². The first-order valence-corrected chi connectivity index (χ1v) is 9.37. The second-order valence-corrected chi connectivity index (χ2v) is 6.70. The largest absolute Gasteiger partial charge is 0.382 e. The SMILES string of the molecule is CCOCCCNC(=O)c1cnc2c(c(C)nn2-c2ccc(C)cc2)c1Cl. The number of rotatable bonds is 7. The van der Waals surface area contributed by atoms with Gasteiger partial charge in [0, 0.05) is 26.0 Å². The van der Waals surface area contributed by atoms with Crippen molar-refractivity contribution in [3.8, 4) is 5.69 Å². The molecule has 0 atom stereocenters. The first kappa shape index (κ1) is 19.3. The van der Waals surface area contributed by atoms with E-state index in [1.54, 1.807) is 4.68 Å². The lowest BCUT2D eigenvalue weighted by molar-refractivity contribution is 0.0944. The fraction of sp³-hybridized carbons (Fsp3) is 0.350. The standard InChI is InChI=1S/C20H23ClN4O2/c1-4-27-11-5-10-22-20(26)16-12-23-19-17(18(16)21)14(3)24-25(19)15-8-6-13(2)7-9-15/h6-9,12H,4-5,10-11H2,1-3H3,(H,22,26). The summed E-state index contributed by atoms with van der Waals surface area (Å²) in [5.41, 5.74) is 3.78. The average Bonchev–Trinajstić information content (AvgIpc) is 3.00. The van der Waals surface area contributed by atoms with Gasteiger partial charge in [-0.3, -0.25) is 4.79 Å². The molecule has 1 aromatic carbocycles. The minimum absolute atomic E-state index is 0.242. The predicted octanol–water partition coefficient (Wildman–Crippen LogP) is 3.85. The molecule has 0 bridgehead atoms. The van der Waals surface area contributed by atoms with E-state index in [9.17, 15) is 4.79 Å². The molecule has 0 aliphatic carbocycles. The van der Waals surface area contributed by atoms with Gasteiger partial charge in [-0.1, -0.05) is 29.3 Å². The number of aryl methyl sites for hydroxylation is 2. The number of pyridine rings is 1. The van der Waals surface area contributed by atoms with E-state index in [1.165, 1.54) is 11.8 Å². The van der Waals surface area contributed by atoms with Crippen LogP contribution in [0.25, 0.3) is 16.7 Å². The van der Waals surface area contributed by atoms with Crippen LogP contribution in [0, 0.1) is 13.8 Å². The molecule has 0 aliphatic heterocycles. The Morgan fingerprint density at radius 1 is 1.26 bits per heavy atom. The normalized spacial score (nSPS) is 11.1. The van der Waals surface area contributed by atoms with Crippen LogP contribution in [-0.2, 0) is 4.74 Å². The summed E-state index contributed by atoms with van der Waals surface area (Å²) in [6, 6.07) is 8.00. The number of amides is 1. The smallest absolute Gasteiger partial charge is 0.254 e. The van der Waals surface area contributed by atoms with Gasteiger partial charge in [-0.25, -0.2) is 9.67 Å². The summed E-state index contributed by atoms with van der Waals surface area (Å²) in [4.78, 5) is 16.9. The fourth-order valence-electron chi connectivity index (χ4n) is 2.85. The summed E-state index contributed by atoms with van der Waals surface area (Å²) >= 11 is 6.55. The van der Waals surface area contributed by atoms with Crippen LogP contribution < -0.4 is 5.32 Å². The first-order chi connectivity index (χ1) is 13.0. The Morgan fingerprint density at radius 3 is 2.70 bits per heavy atom. The lowest BCUT2D eigenvalue weighted by Crippen LogP contribution is -2.25. The number of benzene rings is 1. The third kappa shape index (κ3) is 4.12. The second-order valence-electron chi connectivity index (χ2n) is 6.32. The van der Waals surface area contributed by atoms with Gasteiger partial charge in [-0.2, -0.15) is 5.10 Å². The van der Waals surface area contributed by atoms with Crippen LogP contribution in [0.15, 0.2) is 30.5 Å². The molecule has 2 heterocycles. The molecule has 0 unspecified atom stereocenters. The van der Waals surface area contributed by atoms with Crippen molar-refractivity contribution < 1.29 is 9.53 Å². The molecule has 0 saturated carbocycles. The van der Waals surface area contributed by atoms with Crippen molar-refractivity contribution >= 4 is 28.5 Å². The second kappa shape index (κ2) is 8.50. The molecular weight excluding hydrogens is 364 g/mol. The van der Waals surface area contributed by atoms with Crippen LogP contribution in [0.4, 0.5) is 0 Å². The molecule has 3 rings (SSSR count).